The Balaban J connectivity index is 1.36. The predicted molar refractivity (Wildman–Crippen MR) is 150 cm³/mol. The quantitative estimate of drug-likeness (QED) is 0.276. The first-order valence-corrected chi connectivity index (χ1v) is 12.9. The van der Waals surface area contributed by atoms with E-state index < -0.39 is 0 Å². The SMILES string of the molecule is O=C1NCc2ccc(cc2)CNC(=O)c2cccc(c2)C(=O)NCc2ccc(cc2)CNC(=O)c2cccc1c2. The van der Waals surface area contributed by atoms with Gasteiger partial charge in [0.05, 0.1) is 0 Å². The van der Waals surface area contributed by atoms with Crippen LogP contribution in [0.25, 0.3) is 0 Å². The molecule has 0 fully saturated rings. The van der Waals surface area contributed by atoms with E-state index in [-0.39, 0.29) is 23.6 Å². The second-order valence-electron chi connectivity index (χ2n) is 9.53. The fraction of sp³-hybridized carbons (Fsp3) is 0.125. The average molecular weight is 533 g/mol. The Bertz CT molecular complexity index is 1340. The van der Waals surface area contributed by atoms with Crippen molar-refractivity contribution in [1.82, 2.24) is 21.3 Å². The van der Waals surface area contributed by atoms with E-state index in [0.29, 0.717) is 48.4 Å². The van der Waals surface area contributed by atoms with Gasteiger partial charge in [-0.15, -0.1) is 0 Å². The molecule has 0 saturated carbocycles. The van der Waals surface area contributed by atoms with Crippen LogP contribution >= 0.6 is 0 Å². The van der Waals surface area contributed by atoms with Crippen molar-refractivity contribution >= 4 is 23.6 Å². The molecule has 0 atom stereocenters. The van der Waals surface area contributed by atoms with Crippen LogP contribution < -0.4 is 21.3 Å². The predicted octanol–water partition coefficient (Wildman–Crippen LogP) is 3.72. The lowest BCUT2D eigenvalue weighted by molar-refractivity contribution is 0.0935. The van der Waals surface area contributed by atoms with Crippen molar-refractivity contribution in [2.24, 2.45) is 0 Å². The van der Waals surface area contributed by atoms with E-state index in [1.54, 1.807) is 48.5 Å². The Kier molecular flexibility index (Phi) is 7.97. The number of benzene rings is 4. The molecule has 0 aromatic heterocycles. The highest BCUT2D eigenvalue weighted by Gasteiger charge is 2.13. The molecule has 0 radical (unpaired) electrons. The van der Waals surface area contributed by atoms with Crippen LogP contribution in [-0.2, 0) is 26.2 Å². The van der Waals surface area contributed by atoms with Crippen LogP contribution in [0.1, 0.15) is 63.7 Å². The fourth-order valence-electron chi connectivity index (χ4n) is 4.29. The molecule has 0 spiro atoms. The van der Waals surface area contributed by atoms with Crippen LogP contribution in [-0.4, -0.2) is 23.6 Å². The molecule has 8 rings (SSSR count). The van der Waals surface area contributed by atoms with Gasteiger partial charge in [0, 0.05) is 48.4 Å². The fourth-order valence-corrected chi connectivity index (χ4v) is 4.29. The molecule has 4 aliphatic heterocycles. The summed E-state index contributed by atoms with van der Waals surface area (Å²) in [6, 6.07) is 28.2. The molecule has 0 saturated heterocycles. The third-order valence-electron chi connectivity index (χ3n) is 6.63. The molecule has 40 heavy (non-hydrogen) atoms. The maximum Gasteiger partial charge on any atom is 0.251 e. The van der Waals surface area contributed by atoms with Gasteiger partial charge in [-0.1, -0.05) is 60.7 Å². The first kappa shape index (κ1) is 26.4. The van der Waals surface area contributed by atoms with Gasteiger partial charge in [-0.2, -0.15) is 0 Å². The van der Waals surface area contributed by atoms with Crippen LogP contribution in [0.2, 0.25) is 0 Å². The smallest absolute Gasteiger partial charge is 0.251 e. The molecule has 4 amide bonds. The third-order valence-corrected chi connectivity index (χ3v) is 6.63. The summed E-state index contributed by atoms with van der Waals surface area (Å²) >= 11 is 0. The van der Waals surface area contributed by atoms with E-state index in [1.807, 2.05) is 48.5 Å². The standard InChI is InChI=1S/C32H28N4O4/c37-29-25-3-1-4-26(15-25)30(38)34-18-22-9-13-24(14-10-22)20-36-32(40)28-6-2-5-27(16-28)31(39)35-19-23-11-7-21(8-12-23)17-33-29/h1-16H,17-20H2,(H,33,37)(H,34,38)(H,35,39)(H,36,40). The van der Waals surface area contributed by atoms with Gasteiger partial charge in [-0.3, -0.25) is 19.2 Å². The molecule has 4 aliphatic rings. The van der Waals surface area contributed by atoms with Crippen molar-refractivity contribution in [3.05, 3.63) is 142 Å². The normalized spacial score (nSPS) is 14.6. The van der Waals surface area contributed by atoms with Crippen molar-refractivity contribution < 1.29 is 19.2 Å². The van der Waals surface area contributed by atoms with E-state index >= 15 is 0 Å². The van der Waals surface area contributed by atoms with Gasteiger partial charge in [-0.25, -0.2) is 0 Å². The molecule has 0 unspecified atom stereocenters. The summed E-state index contributed by atoms with van der Waals surface area (Å²) in [5, 5.41) is 11.5. The zero-order chi connectivity index (χ0) is 27.9. The summed E-state index contributed by atoms with van der Waals surface area (Å²) in [4.78, 5) is 51.0. The Morgan fingerprint density at radius 3 is 0.800 bits per heavy atom. The van der Waals surface area contributed by atoms with Gasteiger partial charge in [0.25, 0.3) is 23.6 Å². The Labute approximate surface area is 231 Å². The van der Waals surface area contributed by atoms with Crippen molar-refractivity contribution in [2.45, 2.75) is 26.2 Å². The van der Waals surface area contributed by atoms with Crippen LogP contribution in [0.3, 0.4) is 0 Å². The molecule has 4 heterocycles. The molecule has 8 nitrogen and oxygen atoms in total. The summed E-state index contributed by atoms with van der Waals surface area (Å²) < 4.78 is 0. The summed E-state index contributed by atoms with van der Waals surface area (Å²) in [6.07, 6.45) is 0. The molecule has 4 aromatic carbocycles. The number of carbonyl (C=O) groups excluding carboxylic acids is 4. The lowest BCUT2D eigenvalue weighted by atomic mass is 10.1. The number of amides is 4. The summed E-state index contributed by atoms with van der Waals surface area (Å²) in [5.74, 6) is -1.12. The highest BCUT2D eigenvalue weighted by Crippen LogP contribution is 2.11. The highest BCUT2D eigenvalue weighted by molar-refractivity contribution is 6.00. The van der Waals surface area contributed by atoms with E-state index in [2.05, 4.69) is 21.3 Å². The van der Waals surface area contributed by atoms with Crippen LogP contribution in [0, 0.1) is 0 Å². The monoisotopic (exact) mass is 532 g/mol. The number of rotatable bonds is 0. The number of hydrogen-bond acceptors (Lipinski definition) is 4. The van der Waals surface area contributed by atoms with Gasteiger partial charge in [0.1, 0.15) is 0 Å². The zero-order valence-electron chi connectivity index (χ0n) is 21.7. The topological polar surface area (TPSA) is 116 Å². The highest BCUT2D eigenvalue weighted by atomic mass is 16.2. The molecule has 8 heteroatoms. The Morgan fingerprint density at radius 1 is 0.350 bits per heavy atom. The van der Waals surface area contributed by atoms with Crippen LogP contribution in [0.4, 0.5) is 0 Å². The zero-order valence-corrected chi connectivity index (χ0v) is 21.7. The maximum absolute atomic E-state index is 12.7. The van der Waals surface area contributed by atoms with Crippen molar-refractivity contribution in [1.29, 1.82) is 0 Å². The average Bonchev–Trinajstić information content (AvgIpc) is 3.00. The molecule has 4 aromatic rings. The molecule has 4 N–H and O–H groups in total. The second-order valence-corrected chi connectivity index (χ2v) is 9.53. The molecular weight excluding hydrogens is 504 g/mol. The summed E-state index contributed by atoms with van der Waals surface area (Å²) in [7, 11) is 0. The van der Waals surface area contributed by atoms with Gasteiger partial charge in [0.15, 0.2) is 0 Å². The second kappa shape index (κ2) is 12.1. The molecule has 8 bridgehead atoms. The van der Waals surface area contributed by atoms with Gasteiger partial charge in [0.2, 0.25) is 0 Å². The maximum atomic E-state index is 12.7. The number of carbonyl (C=O) groups is 4. The Hall–Kier alpha value is -5.24. The molecule has 200 valence electrons. The molecular formula is C32H28N4O4. The van der Waals surface area contributed by atoms with E-state index in [4.69, 9.17) is 0 Å². The lowest BCUT2D eigenvalue weighted by Crippen LogP contribution is -2.26. The van der Waals surface area contributed by atoms with Crippen molar-refractivity contribution in [3.63, 3.8) is 0 Å². The third kappa shape index (κ3) is 6.60. The minimum atomic E-state index is -0.280. The van der Waals surface area contributed by atoms with Gasteiger partial charge >= 0.3 is 0 Å². The van der Waals surface area contributed by atoms with Gasteiger partial charge < -0.3 is 21.3 Å². The van der Waals surface area contributed by atoms with E-state index in [0.717, 1.165) is 22.3 Å². The number of hydrogen-bond donors (Lipinski definition) is 4. The molecule has 0 aliphatic carbocycles. The minimum Gasteiger partial charge on any atom is -0.348 e. The van der Waals surface area contributed by atoms with Crippen LogP contribution in [0.5, 0.6) is 0 Å². The minimum absolute atomic E-state index is 0.280. The summed E-state index contributed by atoms with van der Waals surface area (Å²) in [6.45, 7) is 1.25. The number of nitrogens with one attached hydrogen (secondary N) is 4. The van der Waals surface area contributed by atoms with E-state index in [9.17, 15) is 19.2 Å². The first-order valence-electron chi connectivity index (χ1n) is 12.9. The summed E-state index contributed by atoms with van der Waals surface area (Å²) in [5.41, 5.74) is 5.14. The van der Waals surface area contributed by atoms with Crippen molar-refractivity contribution in [2.75, 3.05) is 0 Å². The van der Waals surface area contributed by atoms with E-state index in [1.165, 1.54) is 0 Å². The largest absolute Gasteiger partial charge is 0.348 e. The van der Waals surface area contributed by atoms with Crippen LogP contribution in [0.15, 0.2) is 97.1 Å². The van der Waals surface area contributed by atoms with Gasteiger partial charge in [-0.05, 0) is 58.7 Å². The van der Waals surface area contributed by atoms with Crippen molar-refractivity contribution in [3.8, 4) is 0 Å². The first-order chi connectivity index (χ1) is 19.4. The Morgan fingerprint density at radius 2 is 0.575 bits per heavy atom. The lowest BCUT2D eigenvalue weighted by Gasteiger charge is -2.11.